The molecular formula is C31H31F4N4O5+. The van der Waals surface area contributed by atoms with Crippen LogP contribution in [0, 0.1) is 19.7 Å². The lowest BCUT2D eigenvalue weighted by Gasteiger charge is -2.37. The predicted octanol–water partition coefficient (Wildman–Crippen LogP) is 2.93. The van der Waals surface area contributed by atoms with Crippen LogP contribution in [-0.2, 0) is 22.4 Å². The SMILES string of the molecule is Cc1c(C)c(=O)[nH][n+](OC(=O)C(F)(F)F)c1Cc1ccc(F)c(C(=O)N2CCN(CC3CCCc4ccccc43)C(=O)C2)c1. The third-order valence-corrected chi connectivity index (χ3v) is 8.36. The van der Waals surface area contributed by atoms with Gasteiger partial charge in [-0.2, -0.15) is 18.0 Å². The number of hydrogen-bond donors (Lipinski definition) is 1. The summed E-state index contributed by atoms with van der Waals surface area (Å²) in [5.41, 5.74) is 2.13. The first-order chi connectivity index (χ1) is 20.8. The van der Waals surface area contributed by atoms with Gasteiger partial charge in [-0.15, -0.1) is 0 Å². The number of aromatic nitrogens is 2. The molecule has 2 aromatic carbocycles. The quantitative estimate of drug-likeness (QED) is 0.340. The van der Waals surface area contributed by atoms with Crippen molar-refractivity contribution in [2.75, 3.05) is 26.2 Å². The number of aryl methyl sites for hydroxylation is 1. The fourth-order valence-corrected chi connectivity index (χ4v) is 5.79. The van der Waals surface area contributed by atoms with Gasteiger partial charge in [0, 0.05) is 36.7 Å². The lowest BCUT2D eigenvalue weighted by Crippen LogP contribution is -2.58. The molecule has 1 saturated heterocycles. The molecular weight excluding hydrogens is 584 g/mol. The number of rotatable bonds is 6. The van der Waals surface area contributed by atoms with Crippen LogP contribution in [0.25, 0.3) is 0 Å². The van der Waals surface area contributed by atoms with E-state index in [1.54, 1.807) is 4.90 Å². The number of carbonyl (C=O) groups excluding carboxylic acids is 3. The van der Waals surface area contributed by atoms with E-state index in [2.05, 4.69) is 22.1 Å². The molecule has 44 heavy (non-hydrogen) atoms. The van der Waals surface area contributed by atoms with Crippen molar-refractivity contribution in [2.24, 2.45) is 0 Å². The van der Waals surface area contributed by atoms with E-state index >= 15 is 0 Å². The molecule has 1 aliphatic heterocycles. The Bertz CT molecular complexity index is 1690. The third-order valence-electron chi connectivity index (χ3n) is 8.36. The Hall–Kier alpha value is -4.55. The Morgan fingerprint density at radius 1 is 1.07 bits per heavy atom. The Morgan fingerprint density at radius 3 is 2.55 bits per heavy atom. The van der Waals surface area contributed by atoms with Gasteiger partial charge in [-0.1, -0.05) is 35.4 Å². The fraction of sp³-hybridized carbons (Fsp3) is 0.387. The number of carbonyl (C=O) groups is 3. The van der Waals surface area contributed by atoms with Crippen molar-refractivity contribution in [3.8, 4) is 0 Å². The first kappa shape index (κ1) is 30.9. The Balaban J connectivity index is 1.32. The number of alkyl halides is 3. The van der Waals surface area contributed by atoms with Gasteiger partial charge >= 0.3 is 17.7 Å². The van der Waals surface area contributed by atoms with Crippen LogP contribution >= 0.6 is 0 Å². The van der Waals surface area contributed by atoms with Crippen LogP contribution in [0.5, 0.6) is 0 Å². The van der Waals surface area contributed by atoms with E-state index in [-0.39, 0.29) is 53.7 Å². The van der Waals surface area contributed by atoms with Crippen molar-refractivity contribution in [3.63, 3.8) is 0 Å². The first-order valence-corrected chi connectivity index (χ1v) is 14.2. The number of hydrogen-bond acceptors (Lipinski definition) is 5. The number of halogens is 4. The summed E-state index contributed by atoms with van der Waals surface area (Å²) in [5.74, 6) is -4.12. The van der Waals surface area contributed by atoms with Gasteiger partial charge in [-0.25, -0.2) is 9.18 Å². The summed E-state index contributed by atoms with van der Waals surface area (Å²) >= 11 is 0. The Kier molecular flexibility index (Phi) is 8.57. The van der Waals surface area contributed by atoms with Crippen LogP contribution in [0.1, 0.15) is 62.6 Å². The van der Waals surface area contributed by atoms with Gasteiger partial charge in [0.05, 0.1) is 12.0 Å². The van der Waals surface area contributed by atoms with Crippen molar-refractivity contribution in [2.45, 2.75) is 51.6 Å². The van der Waals surface area contributed by atoms with Gasteiger partial charge in [-0.3, -0.25) is 14.4 Å². The Morgan fingerprint density at radius 2 is 1.82 bits per heavy atom. The normalized spacial score (nSPS) is 17.0. The summed E-state index contributed by atoms with van der Waals surface area (Å²) in [6, 6.07) is 11.8. The second-order valence-corrected chi connectivity index (χ2v) is 11.2. The van der Waals surface area contributed by atoms with E-state index in [0.717, 1.165) is 25.3 Å². The molecule has 0 spiro atoms. The van der Waals surface area contributed by atoms with Crippen LogP contribution in [0.4, 0.5) is 17.6 Å². The molecule has 9 nitrogen and oxygen atoms in total. The zero-order chi connectivity index (χ0) is 31.8. The van der Waals surface area contributed by atoms with Gasteiger partial charge in [0.15, 0.2) is 0 Å². The van der Waals surface area contributed by atoms with Crippen LogP contribution in [0.3, 0.4) is 0 Å². The monoisotopic (exact) mass is 615 g/mol. The number of H-pyrrole nitrogens is 1. The summed E-state index contributed by atoms with van der Waals surface area (Å²) in [7, 11) is 0. The van der Waals surface area contributed by atoms with Crippen molar-refractivity contribution >= 4 is 17.8 Å². The lowest BCUT2D eigenvalue weighted by molar-refractivity contribution is -0.921. The molecule has 232 valence electrons. The Labute approximate surface area is 250 Å². The molecule has 0 bridgehead atoms. The zero-order valence-corrected chi connectivity index (χ0v) is 24.2. The predicted molar refractivity (Wildman–Crippen MR) is 148 cm³/mol. The first-order valence-electron chi connectivity index (χ1n) is 14.2. The van der Waals surface area contributed by atoms with Crippen molar-refractivity contribution in [1.29, 1.82) is 0 Å². The minimum absolute atomic E-state index is 0.0159. The molecule has 1 aliphatic carbocycles. The molecule has 2 aliphatic rings. The van der Waals surface area contributed by atoms with Gasteiger partial charge in [-0.05, 0) is 61.9 Å². The molecule has 5 rings (SSSR count). The van der Waals surface area contributed by atoms with Crippen LogP contribution in [0.2, 0.25) is 0 Å². The second-order valence-electron chi connectivity index (χ2n) is 11.2. The molecule has 0 radical (unpaired) electrons. The molecule has 3 aromatic rings. The highest BCUT2D eigenvalue weighted by atomic mass is 19.4. The van der Waals surface area contributed by atoms with Gasteiger partial charge in [0.2, 0.25) is 5.91 Å². The zero-order valence-electron chi connectivity index (χ0n) is 24.2. The minimum Gasteiger partial charge on any atom is -0.339 e. The fourth-order valence-electron chi connectivity index (χ4n) is 5.79. The minimum atomic E-state index is -5.32. The maximum Gasteiger partial charge on any atom is 0.498 e. The number of fused-ring (bicyclic) bond motifs is 1. The van der Waals surface area contributed by atoms with Crippen molar-refractivity contribution in [1.82, 2.24) is 14.9 Å². The molecule has 2 heterocycles. The number of nitrogens with zero attached hydrogens (tertiary/aromatic N) is 3. The maximum atomic E-state index is 14.9. The van der Waals surface area contributed by atoms with Crippen molar-refractivity contribution < 1.29 is 41.6 Å². The number of aromatic amines is 1. The standard InChI is InChI=1S/C31H30F4N4O5/c1-18-19(2)28(41)36-39(44-30(43)31(33,34)35)26(18)15-20-10-11-25(32)24(14-20)29(42)38-13-12-37(27(40)17-38)16-22-8-5-7-21-6-3-4-9-23(21)22/h3-4,6,9-11,14,22H,5,7-8,12-13,15-17H2,1-2H3/p+1. The number of benzene rings is 2. The van der Waals surface area contributed by atoms with Crippen LogP contribution < -0.4 is 15.2 Å². The largest absolute Gasteiger partial charge is 0.498 e. The number of piperazine rings is 1. The van der Waals surface area contributed by atoms with E-state index in [1.165, 1.54) is 42.0 Å². The topological polar surface area (TPSA) is 104 Å². The van der Waals surface area contributed by atoms with Gasteiger partial charge in [0.25, 0.3) is 11.6 Å². The van der Waals surface area contributed by atoms with E-state index < -0.39 is 29.4 Å². The molecule has 1 aromatic heterocycles. The maximum absolute atomic E-state index is 14.9. The molecule has 1 fully saturated rings. The average molecular weight is 616 g/mol. The van der Waals surface area contributed by atoms with Gasteiger partial charge < -0.3 is 9.80 Å². The van der Waals surface area contributed by atoms with Crippen LogP contribution in [0.15, 0.2) is 47.3 Å². The van der Waals surface area contributed by atoms with E-state index in [1.807, 2.05) is 12.1 Å². The molecule has 0 saturated carbocycles. The van der Waals surface area contributed by atoms with Gasteiger partial charge in [0.1, 0.15) is 17.2 Å². The summed E-state index contributed by atoms with van der Waals surface area (Å²) in [4.78, 5) is 57.9. The number of amides is 2. The summed E-state index contributed by atoms with van der Waals surface area (Å²) in [6.07, 6.45) is -2.53. The molecule has 2 amide bonds. The average Bonchev–Trinajstić information content (AvgIpc) is 2.99. The molecule has 13 heteroatoms. The smallest absolute Gasteiger partial charge is 0.339 e. The summed E-state index contributed by atoms with van der Waals surface area (Å²) in [5, 5.41) is 2.08. The van der Waals surface area contributed by atoms with E-state index in [4.69, 9.17) is 0 Å². The highest BCUT2D eigenvalue weighted by Gasteiger charge is 2.46. The summed E-state index contributed by atoms with van der Waals surface area (Å²) < 4.78 is 53.5. The molecule has 1 unspecified atom stereocenters. The van der Waals surface area contributed by atoms with E-state index in [9.17, 15) is 36.7 Å². The molecule has 1 atom stereocenters. The highest BCUT2D eigenvalue weighted by Crippen LogP contribution is 2.32. The van der Waals surface area contributed by atoms with E-state index in [0.29, 0.717) is 23.5 Å². The third kappa shape index (κ3) is 6.36. The van der Waals surface area contributed by atoms with Crippen LogP contribution in [-0.4, -0.2) is 65.0 Å². The number of nitrogens with one attached hydrogen (secondary N) is 1. The second kappa shape index (κ2) is 12.2. The lowest BCUT2D eigenvalue weighted by atomic mass is 9.82. The molecule has 1 N–H and O–H groups in total. The van der Waals surface area contributed by atoms with Crippen molar-refractivity contribution in [3.05, 3.63) is 97.7 Å². The highest BCUT2D eigenvalue weighted by molar-refractivity contribution is 5.97. The summed E-state index contributed by atoms with van der Waals surface area (Å²) in [6.45, 7) is 3.72.